The Balaban J connectivity index is -0.000000270. The highest BCUT2D eigenvalue weighted by Gasteiger charge is 2.26. The number of nitrogens with one attached hydrogen (secondary N) is 1. The van der Waals surface area contributed by atoms with Crippen LogP contribution in [-0.4, -0.2) is 39.5 Å². The number of carbonyl (C=O) groups excluding carboxylic acids is 1. The molecule has 8 N–H and O–H groups in total. The molecule has 1 fully saturated rings. The van der Waals surface area contributed by atoms with Gasteiger partial charge in [-0.1, -0.05) is 0 Å². The van der Waals surface area contributed by atoms with E-state index in [0.29, 0.717) is 12.8 Å². The van der Waals surface area contributed by atoms with E-state index in [0.717, 1.165) is 0 Å². The molecular weight excluding hydrogens is 170 g/mol. The molecule has 74 valence electrons. The molecule has 1 saturated heterocycles. The van der Waals surface area contributed by atoms with E-state index < -0.39 is 12.0 Å². The third kappa shape index (κ3) is 3.86. The van der Waals surface area contributed by atoms with E-state index in [1.54, 1.807) is 0 Å². The molecule has 7 nitrogen and oxygen atoms in total. The summed E-state index contributed by atoms with van der Waals surface area (Å²) in [5, 5.41) is 10.6. The van der Waals surface area contributed by atoms with E-state index in [4.69, 9.17) is 5.11 Å². The van der Waals surface area contributed by atoms with Gasteiger partial charge in [-0.2, -0.15) is 0 Å². The molecule has 0 bridgehead atoms. The van der Waals surface area contributed by atoms with Crippen LogP contribution in [0.25, 0.3) is 0 Å². The molecule has 1 rings (SSSR count). The van der Waals surface area contributed by atoms with Crippen molar-refractivity contribution in [1.29, 1.82) is 0 Å². The average Bonchev–Trinajstić information content (AvgIpc) is 2.14. The van der Waals surface area contributed by atoms with E-state index in [-0.39, 0.29) is 22.3 Å². The second-order valence-corrected chi connectivity index (χ2v) is 2.00. The fourth-order valence-electron chi connectivity index (χ4n) is 0.799. The van der Waals surface area contributed by atoms with E-state index in [9.17, 15) is 9.59 Å². The standard InChI is InChI=1S/C5H7NO3.3H2O/c7-4-2-1-3(6-4)5(8)9;;;/h3H,1-2H2,(H,6,7)(H,8,9);3*1H2/t3-;;;/m0.../s1. The molecule has 0 aromatic heterocycles. The van der Waals surface area contributed by atoms with Gasteiger partial charge in [-0.3, -0.25) is 4.79 Å². The van der Waals surface area contributed by atoms with Crippen molar-refractivity contribution in [3.05, 3.63) is 0 Å². The number of hydrogen-bond donors (Lipinski definition) is 2. The van der Waals surface area contributed by atoms with Crippen LogP contribution in [0.4, 0.5) is 0 Å². The number of aliphatic carboxylic acids is 1. The lowest BCUT2D eigenvalue weighted by atomic mass is 10.2. The van der Waals surface area contributed by atoms with Gasteiger partial charge in [-0.15, -0.1) is 0 Å². The summed E-state index contributed by atoms with van der Waals surface area (Å²) in [5.41, 5.74) is 0. The average molecular weight is 183 g/mol. The normalized spacial score (nSPS) is 19.3. The van der Waals surface area contributed by atoms with E-state index in [2.05, 4.69) is 5.32 Å². The predicted octanol–water partition coefficient (Wildman–Crippen LogP) is -3.12. The van der Waals surface area contributed by atoms with Gasteiger partial charge in [0.25, 0.3) is 0 Å². The van der Waals surface area contributed by atoms with E-state index in [1.807, 2.05) is 0 Å². The Morgan fingerprint density at radius 2 is 1.92 bits per heavy atom. The number of carbonyl (C=O) groups is 2. The molecule has 1 amide bonds. The van der Waals surface area contributed by atoms with Crippen molar-refractivity contribution in [2.45, 2.75) is 18.9 Å². The molecule has 1 atom stereocenters. The second-order valence-electron chi connectivity index (χ2n) is 2.00. The number of carboxylic acid groups (broad SMARTS) is 1. The second kappa shape index (κ2) is 6.53. The molecule has 0 unspecified atom stereocenters. The van der Waals surface area contributed by atoms with Gasteiger partial charge in [0, 0.05) is 6.42 Å². The van der Waals surface area contributed by atoms with Crippen LogP contribution in [0.1, 0.15) is 12.8 Å². The Morgan fingerprint density at radius 1 is 1.42 bits per heavy atom. The van der Waals surface area contributed by atoms with Crippen LogP contribution in [0.3, 0.4) is 0 Å². The van der Waals surface area contributed by atoms with Crippen LogP contribution in [-0.2, 0) is 9.59 Å². The lowest BCUT2D eigenvalue weighted by Crippen LogP contribution is -2.32. The highest BCUT2D eigenvalue weighted by atomic mass is 16.4. The maximum Gasteiger partial charge on any atom is 0.326 e. The Kier molecular flexibility index (Phi) is 9.28. The zero-order valence-electron chi connectivity index (χ0n) is 6.26. The van der Waals surface area contributed by atoms with Gasteiger partial charge in [-0.05, 0) is 6.42 Å². The molecule has 0 aromatic carbocycles. The lowest BCUT2D eigenvalue weighted by molar-refractivity contribution is -0.140. The summed E-state index contributed by atoms with van der Waals surface area (Å²) in [6.07, 6.45) is 0.769. The van der Waals surface area contributed by atoms with Gasteiger partial charge in [-0.25, -0.2) is 4.79 Å². The minimum Gasteiger partial charge on any atom is -0.480 e. The molecule has 0 radical (unpaired) electrons. The van der Waals surface area contributed by atoms with Gasteiger partial charge in [0.2, 0.25) is 5.91 Å². The Morgan fingerprint density at radius 3 is 2.08 bits per heavy atom. The quantitative estimate of drug-likeness (QED) is 0.440. The molecule has 1 aliphatic heterocycles. The summed E-state index contributed by atoms with van der Waals surface area (Å²) < 4.78 is 0. The SMILES string of the molecule is O.O.O.O=C1CC[C@@H](C(=O)O)N1. The van der Waals surface area contributed by atoms with Crippen LogP contribution in [0.15, 0.2) is 0 Å². The fourth-order valence-corrected chi connectivity index (χ4v) is 0.799. The molecule has 0 aromatic rings. The topological polar surface area (TPSA) is 161 Å². The molecule has 1 heterocycles. The third-order valence-corrected chi connectivity index (χ3v) is 1.29. The van der Waals surface area contributed by atoms with Gasteiger partial charge < -0.3 is 26.9 Å². The first kappa shape index (κ1) is 17.1. The number of rotatable bonds is 1. The maximum atomic E-state index is 10.4. The van der Waals surface area contributed by atoms with E-state index in [1.165, 1.54) is 0 Å². The summed E-state index contributed by atoms with van der Waals surface area (Å²) in [4.78, 5) is 20.5. The van der Waals surface area contributed by atoms with Crippen LogP contribution >= 0.6 is 0 Å². The summed E-state index contributed by atoms with van der Waals surface area (Å²) in [6, 6.07) is -0.641. The van der Waals surface area contributed by atoms with Gasteiger partial charge in [0.15, 0.2) is 0 Å². The highest BCUT2D eigenvalue weighted by molar-refractivity contribution is 5.87. The summed E-state index contributed by atoms with van der Waals surface area (Å²) in [7, 11) is 0. The summed E-state index contributed by atoms with van der Waals surface area (Å²) in [5.74, 6) is -1.11. The van der Waals surface area contributed by atoms with Crippen molar-refractivity contribution in [1.82, 2.24) is 5.32 Å². The first-order valence-corrected chi connectivity index (χ1v) is 2.72. The summed E-state index contributed by atoms with van der Waals surface area (Å²) >= 11 is 0. The summed E-state index contributed by atoms with van der Waals surface area (Å²) in [6.45, 7) is 0. The molecule has 12 heavy (non-hydrogen) atoms. The van der Waals surface area contributed by atoms with Crippen LogP contribution in [0.5, 0.6) is 0 Å². The molecule has 7 heteroatoms. The number of carboxylic acids is 1. The van der Waals surface area contributed by atoms with Crippen molar-refractivity contribution in [3.8, 4) is 0 Å². The predicted molar refractivity (Wildman–Crippen MR) is 39.6 cm³/mol. The first-order chi connectivity index (χ1) is 4.20. The Labute approximate surface area is 68.3 Å². The van der Waals surface area contributed by atoms with Gasteiger partial charge in [0.1, 0.15) is 6.04 Å². The Hall–Kier alpha value is -1.18. The van der Waals surface area contributed by atoms with Crippen molar-refractivity contribution >= 4 is 11.9 Å². The lowest BCUT2D eigenvalue weighted by Gasteiger charge is -1.99. The van der Waals surface area contributed by atoms with Gasteiger partial charge >= 0.3 is 5.97 Å². The molecule has 0 spiro atoms. The molecule has 1 aliphatic rings. The number of hydrogen-bond acceptors (Lipinski definition) is 2. The molecule has 0 aliphatic carbocycles. The monoisotopic (exact) mass is 183 g/mol. The van der Waals surface area contributed by atoms with Crippen LogP contribution in [0, 0.1) is 0 Å². The van der Waals surface area contributed by atoms with Crippen molar-refractivity contribution in [2.75, 3.05) is 0 Å². The largest absolute Gasteiger partial charge is 0.480 e. The van der Waals surface area contributed by atoms with Gasteiger partial charge in [0.05, 0.1) is 0 Å². The van der Waals surface area contributed by atoms with Crippen molar-refractivity contribution < 1.29 is 31.1 Å². The smallest absolute Gasteiger partial charge is 0.326 e. The van der Waals surface area contributed by atoms with Crippen LogP contribution < -0.4 is 5.32 Å². The Bertz CT molecular complexity index is 158. The van der Waals surface area contributed by atoms with Crippen molar-refractivity contribution in [3.63, 3.8) is 0 Å². The zero-order valence-corrected chi connectivity index (χ0v) is 6.26. The minimum absolute atomic E-state index is 0. The first-order valence-electron chi connectivity index (χ1n) is 2.72. The fraction of sp³-hybridized carbons (Fsp3) is 0.600. The van der Waals surface area contributed by atoms with Crippen molar-refractivity contribution in [2.24, 2.45) is 0 Å². The highest BCUT2D eigenvalue weighted by Crippen LogP contribution is 2.05. The zero-order chi connectivity index (χ0) is 6.85. The maximum absolute atomic E-state index is 10.4. The third-order valence-electron chi connectivity index (χ3n) is 1.29. The molecule has 0 saturated carbocycles. The number of amides is 1. The minimum atomic E-state index is -0.944. The van der Waals surface area contributed by atoms with E-state index >= 15 is 0 Å². The molecular formula is C5H13NO6. The van der Waals surface area contributed by atoms with Crippen LogP contribution in [0.2, 0.25) is 0 Å².